The van der Waals surface area contributed by atoms with E-state index in [1.165, 1.54) is 33.8 Å². The first-order chi connectivity index (χ1) is 17.2. The summed E-state index contributed by atoms with van der Waals surface area (Å²) in [5.41, 5.74) is 0.00825. The predicted octanol–water partition coefficient (Wildman–Crippen LogP) is 6.29. The van der Waals surface area contributed by atoms with Crippen molar-refractivity contribution in [1.29, 1.82) is 0 Å². The summed E-state index contributed by atoms with van der Waals surface area (Å²) in [5, 5.41) is 0. The van der Waals surface area contributed by atoms with Crippen LogP contribution >= 0.6 is 9.24 Å². The van der Waals surface area contributed by atoms with Crippen LogP contribution in [0.3, 0.4) is 0 Å². The van der Waals surface area contributed by atoms with E-state index in [0.29, 0.717) is 48.3 Å². The van der Waals surface area contributed by atoms with E-state index in [1.54, 1.807) is 12.1 Å². The summed E-state index contributed by atoms with van der Waals surface area (Å²) in [6, 6.07) is 12.9. The molecule has 3 unspecified atom stereocenters. The fourth-order valence-corrected chi connectivity index (χ4v) is 4.53. The fraction of sp³-hybridized carbons (Fsp3) is 0.321. The van der Waals surface area contributed by atoms with Gasteiger partial charge in [-0.2, -0.15) is 38.6 Å². The molecule has 3 aromatic rings. The summed E-state index contributed by atoms with van der Waals surface area (Å²) in [6.45, 7) is 6.86. The monoisotopic (exact) mass is 748 g/mol. The third kappa shape index (κ3) is 7.12. The number of hydrogen-bond acceptors (Lipinski definition) is 5. The Labute approximate surface area is 241 Å². The standard InChI is InChI=1S/C28H27F2NO4P.U/c1-3-18-5-4-6-19(12-18)27(33)23-9-10-34-15-22(23)11-17(2)26(32)24-8-7-20(14-31-24)21-13-25(35-16-21)28(29,30)36;/h5-8,12-14,16,22-23H,2-3,9-11,15,36H2,1H3;/q-1;. The third-order valence-corrected chi connectivity index (χ3v) is 6.72. The van der Waals surface area contributed by atoms with E-state index in [4.69, 9.17) is 9.15 Å². The molecule has 0 radical (unpaired) electrons. The number of hydrogen-bond donors (Lipinski definition) is 0. The summed E-state index contributed by atoms with van der Waals surface area (Å²) < 4.78 is 37.4. The maximum atomic E-state index is 13.4. The van der Waals surface area contributed by atoms with E-state index in [-0.39, 0.29) is 60.2 Å². The number of halogens is 2. The fourth-order valence-electron chi connectivity index (χ4n) is 4.38. The van der Waals surface area contributed by atoms with E-state index >= 15 is 0 Å². The van der Waals surface area contributed by atoms with Crippen LogP contribution in [0.2, 0.25) is 0 Å². The van der Waals surface area contributed by atoms with Gasteiger partial charge in [0.05, 0.1) is 12.9 Å². The topological polar surface area (TPSA) is 69.4 Å². The van der Waals surface area contributed by atoms with Crippen LogP contribution in [0.25, 0.3) is 11.1 Å². The number of furan rings is 1. The minimum Gasteiger partial charge on any atom is -0.462 e. The molecule has 2 aromatic heterocycles. The Morgan fingerprint density at radius 1 is 1.24 bits per heavy atom. The molecule has 0 amide bonds. The third-order valence-electron chi connectivity index (χ3n) is 6.44. The van der Waals surface area contributed by atoms with Crippen molar-refractivity contribution >= 4 is 20.8 Å². The number of allylic oxidation sites excluding steroid dienone is 1. The predicted molar refractivity (Wildman–Crippen MR) is 135 cm³/mol. The zero-order valence-electron chi connectivity index (χ0n) is 20.4. The molecule has 0 N–H and O–H groups in total. The Balaban J connectivity index is 0.00000380. The quantitative estimate of drug-likeness (QED) is 0.111. The molecule has 1 aliphatic heterocycles. The van der Waals surface area contributed by atoms with Gasteiger partial charge in [0.2, 0.25) is 5.78 Å². The molecule has 5 nitrogen and oxygen atoms in total. The van der Waals surface area contributed by atoms with Gasteiger partial charge in [-0.25, -0.2) is 0 Å². The van der Waals surface area contributed by atoms with E-state index in [0.717, 1.165) is 12.0 Å². The average Bonchev–Trinajstić information content (AvgIpc) is 3.39. The first-order valence-electron chi connectivity index (χ1n) is 11.7. The Hall–Kier alpha value is -1.97. The molecule has 0 spiro atoms. The van der Waals surface area contributed by atoms with Gasteiger partial charge in [0, 0.05) is 61.0 Å². The first kappa shape index (κ1) is 29.6. The van der Waals surface area contributed by atoms with E-state index in [2.05, 4.69) is 17.6 Å². The van der Waals surface area contributed by atoms with Crippen LogP contribution in [0.1, 0.15) is 51.9 Å². The van der Waals surface area contributed by atoms with Crippen molar-refractivity contribution in [3.05, 3.63) is 89.7 Å². The molecule has 4 rings (SSSR count). The van der Waals surface area contributed by atoms with Gasteiger partial charge in [-0.3, -0.25) is 9.78 Å². The van der Waals surface area contributed by atoms with Crippen LogP contribution in [0.15, 0.2) is 65.4 Å². The van der Waals surface area contributed by atoms with Crippen molar-refractivity contribution in [2.24, 2.45) is 11.8 Å². The van der Waals surface area contributed by atoms with Crippen LogP contribution < -0.4 is 0 Å². The van der Waals surface area contributed by atoms with Crippen LogP contribution in [-0.2, 0) is 16.8 Å². The van der Waals surface area contributed by atoms with Crippen molar-refractivity contribution in [1.82, 2.24) is 4.98 Å². The summed E-state index contributed by atoms with van der Waals surface area (Å²) in [5.74, 6) is -1.22. The SMILES string of the molecule is C=C(CC1COCCC1C(=O)c1c[c-]cc(CC)c1)C(=O)c1ccc(-c2coc(C(F)(F)P)c2)cn1.[U]. The van der Waals surface area contributed by atoms with E-state index < -0.39 is 11.4 Å². The second kappa shape index (κ2) is 12.7. The van der Waals surface area contributed by atoms with Crippen LogP contribution in [-0.4, -0.2) is 29.8 Å². The molecule has 0 aliphatic carbocycles. The molecule has 3 heterocycles. The van der Waals surface area contributed by atoms with E-state index in [9.17, 15) is 18.4 Å². The zero-order chi connectivity index (χ0) is 25.9. The molecule has 1 fully saturated rings. The molecule has 3 atom stereocenters. The van der Waals surface area contributed by atoms with Gasteiger partial charge in [-0.05, 0) is 36.5 Å². The van der Waals surface area contributed by atoms with Crippen LogP contribution in [0, 0.1) is 49.0 Å². The second-order valence-corrected chi connectivity index (χ2v) is 9.69. The maximum absolute atomic E-state index is 13.4. The number of rotatable bonds is 9. The van der Waals surface area contributed by atoms with Gasteiger partial charge in [0.15, 0.2) is 5.76 Å². The average molecular weight is 749 g/mol. The normalized spacial score (nSPS) is 17.6. The number of benzene rings is 1. The molecule has 1 aromatic carbocycles. The molecule has 0 saturated carbocycles. The number of pyridine rings is 1. The van der Waals surface area contributed by atoms with Crippen molar-refractivity contribution in [2.75, 3.05) is 13.2 Å². The van der Waals surface area contributed by atoms with Gasteiger partial charge in [-0.1, -0.05) is 40.8 Å². The number of carbonyl (C=O) groups is 2. The summed E-state index contributed by atoms with van der Waals surface area (Å²) >= 11 is 0. The number of aryl methyl sites for hydroxylation is 1. The van der Waals surface area contributed by atoms with Crippen molar-refractivity contribution in [3.63, 3.8) is 0 Å². The molecule has 0 bridgehead atoms. The molecular weight excluding hydrogens is 721 g/mol. The van der Waals surface area contributed by atoms with Crippen LogP contribution in [0.4, 0.5) is 8.78 Å². The molecule has 1 saturated heterocycles. The van der Waals surface area contributed by atoms with E-state index in [1.807, 2.05) is 19.1 Å². The van der Waals surface area contributed by atoms with Crippen LogP contribution in [0.5, 0.6) is 0 Å². The number of nitrogens with zero attached hydrogens (tertiary/aromatic N) is 1. The summed E-state index contributed by atoms with van der Waals surface area (Å²) in [7, 11) is 1.43. The molecular formula is C28H27F2NO4PU-. The Morgan fingerprint density at radius 3 is 2.68 bits per heavy atom. The summed E-state index contributed by atoms with van der Waals surface area (Å²) in [6.07, 6.45) is 4.36. The number of Topliss-reactive ketones (excluding diaryl/α,β-unsaturated/α-hetero) is 2. The Bertz CT molecular complexity index is 1270. The number of ether oxygens (including phenoxy) is 1. The van der Waals surface area contributed by atoms with Gasteiger partial charge in [0.1, 0.15) is 11.5 Å². The minimum atomic E-state index is -3.17. The Morgan fingerprint density at radius 2 is 2.03 bits per heavy atom. The first-order valence-corrected chi connectivity index (χ1v) is 12.3. The van der Waals surface area contributed by atoms with Gasteiger partial charge < -0.3 is 13.9 Å². The van der Waals surface area contributed by atoms with Crippen molar-refractivity contribution in [2.45, 2.75) is 31.8 Å². The zero-order valence-corrected chi connectivity index (χ0v) is 25.7. The largest absolute Gasteiger partial charge is 0.462 e. The number of carbonyl (C=O) groups excluding carboxylic acids is 2. The van der Waals surface area contributed by atoms with Gasteiger partial charge in [-0.15, -0.1) is 0 Å². The second-order valence-electron chi connectivity index (χ2n) is 8.97. The molecule has 37 heavy (non-hydrogen) atoms. The Kier molecular flexibility index (Phi) is 10.2. The number of ketones is 2. The van der Waals surface area contributed by atoms with Gasteiger partial charge in [0.25, 0.3) is 0 Å². The minimum absolute atomic E-state index is 0. The molecule has 1 aliphatic rings. The number of alkyl halides is 2. The van der Waals surface area contributed by atoms with Crippen molar-refractivity contribution in [3.8, 4) is 11.1 Å². The molecule has 192 valence electrons. The summed E-state index contributed by atoms with van der Waals surface area (Å²) in [4.78, 5) is 30.5. The molecule has 9 heteroatoms. The number of aromatic nitrogens is 1. The van der Waals surface area contributed by atoms with Gasteiger partial charge >= 0.3 is 5.66 Å². The smallest absolute Gasteiger partial charge is 0.315 e. The van der Waals surface area contributed by atoms with Crippen molar-refractivity contribution < 1.29 is 58.6 Å². The maximum Gasteiger partial charge on any atom is 0.315 e.